The van der Waals surface area contributed by atoms with Crippen molar-refractivity contribution in [1.82, 2.24) is 9.55 Å². The Kier molecular flexibility index (Phi) is 2.83. The predicted molar refractivity (Wildman–Crippen MR) is 75.4 cm³/mol. The maximum Gasteiger partial charge on any atom is 0.201 e. The highest BCUT2D eigenvalue weighted by Crippen LogP contribution is 2.38. The maximum atomic E-state index is 6.03. The minimum absolute atomic E-state index is 0.0515. The van der Waals surface area contributed by atoms with Gasteiger partial charge in [0, 0.05) is 11.6 Å². The first-order valence-corrected chi connectivity index (χ1v) is 6.89. The summed E-state index contributed by atoms with van der Waals surface area (Å²) in [7, 11) is 1.78. The summed E-state index contributed by atoms with van der Waals surface area (Å²) in [6.07, 6.45) is 3.41. The van der Waals surface area contributed by atoms with E-state index < -0.39 is 0 Å². The summed E-state index contributed by atoms with van der Waals surface area (Å²) in [5, 5.41) is 0. The Morgan fingerprint density at radius 2 is 2.28 bits per heavy atom. The van der Waals surface area contributed by atoms with Crippen molar-refractivity contribution in [2.75, 3.05) is 12.8 Å². The molecule has 0 bridgehead atoms. The van der Waals surface area contributed by atoms with E-state index in [0.29, 0.717) is 5.95 Å². The van der Waals surface area contributed by atoms with Crippen LogP contribution in [0.25, 0.3) is 11.0 Å². The third-order valence-electron chi connectivity index (χ3n) is 3.88. The summed E-state index contributed by atoms with van der Waals surface area (Å²) in [4.78, 5) is 4.40. The molecular formula is C13H16BrN3O. The van der Waals surface area contributed by atoms with Crippen molar-refractivity contribution >= 4 is 32.9 Å². The lowest BCUT2D eigenvalue weighted by molar-refractivity contribution is -0.0824. The molecule has 3 rings (SSSR count). The molecule has 5 heteroatoms. The molecule has 1 aliphatic rings. The fraction of sp³-hybridized carbons (Fsp3) is 0.462. The van der Waals surface area contributed by atoms with Crippen LogP contribution in [0, 0.1) is 0 Å². The molecule has 2 N–H and O–H groups in total. The Morgan fingerprint density at radius 3 is 2.89 bits per heavy atom. The third kappa shape index (κ3) is 1.82. The van der Waals surface area contributed by atoms with E-state index in [4.69, 9.17) is 10.5 Å². The predicted octanol–water partition coefficient (Wildman–Crippen LogP) is 2.95. The topological polar surface area (TPSA) is 53.1 Å². The quantitative estimate of drug-likeness (QED) is 0.948. The van der Waals surface area contributed by atoms with Gasteiger partial charge in [-0.15, -0.1) is 0 Å². The van der Waals surface area contributed by atoms with Gasteiger partial charge in [-0.25, -0.2) is 4.98 Å². The van der Waals surface area contributed by atoms with Crippen LogP contribution < -0.4 is 5.73 Å². The van der Waals surface area contributed by atoms with Crippen molar-refractivity contribution in [2.45, 2.75) is 31.4 Å². The molecular weight excluding hydrogens is 294 g/mol. The van der Waals surface area contributed by atoms with Gasteiger partial charge in [-0.2, -0.15) is 0 Å². The van der Waals surface area contributed by atoms with Crippen LogP contribution in [0.4, 0.5) is 5.95 Å². The first-order chi connectivity index (χ1) is 8.63. The van der Waals surface area contributed by atoms with E-state index in [-0.39, 0.29) is 5.60 Å². The van der Waals surface area contributed by atoms with Gasteiger partial charge in [-0.1, -0.05) is 15.9 Å². The number of benzene rings is 1. The summed E-state index contributed by atoms with van der Waals surface area (Å²) in [5.41, 5.74) is 7.97. The van der Waals surface area contributed by atoms with Gasteiger partial charge >= 0.3 is 0 Å². The lowest BCUT2D eigenvalue weighted by atomic mass is 9.80. The SMILES string of the molecule is COC1(Cn2c(N)nc3ccc(Br)cc32)CCC1. The number of anilines is 1. The van der Waals surface area contributed by atoms with Gasteiger partial charge in [0.15, 0.2) is 0 Å². The molecule has 0 unspecified atom stereocenters. The average Bonchev–Trinajstić information content (AvgIpc) is 2.60. The lowest BCUT2D eigenvalue weighted by Crippen LogP contribution is -2.43. The fourth-order valence-corrected chi connectivity index (χ4v) is 2.92. The Balaban J connectivity index is 2.05. The molecule has 0 atom stereocenters. The van der Waals surface area contributed by atoms with Crippen LogP contribution in [0.3, 0.4) is 0 Å². The molecule has 1 aromatic carbocycles. The Morgan fingerprint density at radius 1 is 1.50 bits per heavy atom. The standard InChI is InChI=1S/C13H16BrN3O/c1-18-13(5-2-6-13)8-17-11-7-9(14)3-4-10(11)16-12(17)15/h3-4,7H,2,5-6,8H2,1H3,(H2,15,16). The highest BCUT2D eigenvalue weighted by Gasteiger charge is 2.38. The van der Waals surface area contributed by atoms with Crippen molar-refractivity contribution in [3.8, 4) is 0 Å². The number of nitrogens with two attached hydrogens (primary N) is 1. The zero-order chi connectivity index (χ0) is 12.8. The molecule has 0 radical (unpaired) electrons. The van der Waals surface area contributed by atoms with Crippen LogP contribution in [-0.4, -0.2) is 22.3 Å². The number of nitrogen functional groups attached to an aromatic ring is 1. The monoisotopic (exact) mass is 309 g/mol. The van der Waals surface area contributed by atoms with Crippen molar-refractivity contribution in [3.63, 3.8) is 0 Å². The Labute approximate surface area is 114 Å². The molecule has 4 nitrogen and oxygen atoms in total. The molecule has 1 aliphatic carbocycles. The zero-order valence-corrected chi connectivity index (χ0v) is 11.9. The summed E-state index contributed by atoms with van der Waals surface area (Å²) in [5.74, 6) is 0.562. The number of ether oxygens (including phenoxy) is 1. The number of fused-ring (bicyclic) bond motifs is 1. The number of aromatic nitrogens is 2. The van der Waals surface area contributed by atoms with Gasteiger partial charge in [0.05, 0.1) is 23.2 Å². The van der Waals surface area contributed by atoms with Crippen LogP contribution in [0.1, 0.15) is 19.3 Å². The van der Waals surface area contributed by atoms with Crippen molar-refractivity contribution in [2.24, 2.45) is 0 Å². The first kappa shape index (κ1) is 12.0. The van der Waals surface area contributed by atoms with Gasteiger partial charge in [0.25, 0.3) is 0 Å². The van der Waals surface area contributed by atoms with Crippen LogP contribution in [0.5, 0.6) is 0 Å². The summed E-state index contributed by atoms with van der Waals surface area (Å²) in [6, 6.07) is 6.02. The number of methoxy groups -OCH3 is 1. The molecule has 0 aliphatic heterocycles. The normalized spacial score (nSPS) is 17.9. The van der Waals surface area contributed by atoms with Crippen LogP contribution in [0.15, 0.2) is 22.7 Å². The number of imidazole rings is 1. The number of nitrogens with zero attached hydrogens (tertiary/aromatic N) is 2. The second kappa shape index (κ2) is 4.24. The Bertz CT molecular complexity index is 584. The minimum Gasteiger partial charge on any atom is -0.376 e. The zero-order valence-electron chi connectivity index (χ0n) is 10.3. The number of hydrogen-bond donors (Lipinski definition) is 1. The van der Waals surface area contributed by atoms with E-state index in [0.717, 1.165) is 34.9 Å². The van der Waals surface area contributed by atoms with Crippen molar-refractivity contribution in [3.05, 3.63) is 22.7 Å². The molecule has 0 amide bonds. The smallest absolute Gasteiger partial charge is 0.201 e. The highest BCUT2D eigenvalue weighted by molar-refractivity contribution is 9.10. The molecule has 1 saturated carbocycles. The molecule has 0 saturated heterocycles. The van der Waals surface area contributed by atoms with Gasteiger partial charge in [-0.05, 0) is 37.5 Å². The van der Waals surface area contributed by atoms with Crippen LogP contribution >= 0.6 is 15.9 Å². The molecule has 0 spiro atoms. The lowest BCUT2D eigenvalue weighted by Gasteiger charge is -2.40. The van der Waals surface area contributed by atoms with E-state index in [1.807, 2.05) is 12.1 Å². The van der Waals surface area contributed by atoms with E-state index in [9.17, 15) is 0 Å². The molecule has 96 valence electrons. The van der Waals surface area contributed by atoms with E-state index in [2.05, 4.69) is 31.5 Å². The molecule has 1 fully saturated rings. The van der Waals surface area contributed by atoms with Gasteiger partial charge in [-0.3, -0.25) is 0 Å². The minimum atomic E-state index is -0.0515. The molecule has 2 aromatic rings. The average molecular weight is 310 g/mol. The van der Waals surface area contributed by atoms with Crippen LogP contribution in [0.2, 0.25) is 0 Å². The van der Waals surface area contributed by atoms with Crippen molar-refractivity contribution in [1.29, 1.82) is 0 Å². The van der Waals surface area contributed by atoms with E-state index >= 15 is 0 Å². The highest BCUT2D eigenvalue weighted by atomic mass is 79.9. The van der Waals surface area contributed by atoms with Crippen LogP contribution in [-0.2, 0) is 11.3 Å². The van der Waals surface area contributed by atoms with Crippen molar-refractivity contribution < 1.29 is 4.74 Å². The number of rotatable bonds is 3. The van der Waals surface area contributed by atoms with Gasteiger partial charge < -0.3 is 15.0 Å². The second-order valence-electron chi connectivity index (χ2n) is 4.93. The first-order valence-electron chi connectivity index (χ1n) is 6.10. The maximum absolute atomic E-state index is 6.03. The van der Waals surface area contributed by atoms with Gasteiger partial charge in [0.1, 0.15) is 0 Å². The summed E-state index contributed by atoms with van der Waals surface area (Å²) < 4.78 is 8.76. The Hall–Kier alpha value is -1.07. The fourth-order valence-electron chi connectivity index (χ4n) is 2.57. The largest absolute Gasteiger partial charge is 0.376 e. The van der Waals surface area contributed by atoms with Gasteiger partial charge in [0.2, 0.25) is 5.95 Å². The summed E-state index contributed by atoms with van der Waals surface area (Å²) in [6.45, 7) is 0.780. The second-order valence-corrected chi connectivity index (χ2v) is 5.85. The van der Waals surface area contributed by atoms with E-state index in [1.54, 1.807) is 7.11 Å². The van der Waals surface area contributed by atoms with E-state index in [1.165, 1.54) is 6.42 Å². The molecule has 1 heterocycles. The number of halogens is 1. The molecule has 1 aromatic heterocycles. The number of hydrogen-bond acceptors (Lipinski definition) is 3. The third-order valence-corrected chi connectivity index (χ3v) is 4.38. The summed E-state index contributed by atoms with van der Waals surface area (Å²) >= 11 is 3.49. The molecule has 18 heavy (non-hydrogen) atoms.